The second-order valence-corrected chi connectivity index (χ2v) is 7.49. The number of hydrogen-bond donors (Lipinski definition) is 0. The minimum atomic E-state index is -0.851. The molecule has 0 aromatic heterocycles. The molecule has 0 aliphatic carbocycles. The molecule has 4 heteroatoms. The summed E-state index contributed by atoms with van der Waals surface area (Å²) in [7, 11) is 0. The van der Waals surface area contributed by atoms with Gasteiger partial charge in [0.2, 0.25) is 0 Å². The van der Waals surface area contributed by atoms with Crippen molar-refractivity contribution in [2.45, 2.75) is 104 Å². The molecule has 0 N–H and O–H groups in total. The standard InChI is InChI=1S/C21H43BrO3/c1-5-9-10-11-12-14-17-20(18-15-13-16-19-22)21(23-6-2,24-7-3)25-8-4/h20H,5-19H2,1-4H3. The lowest BCUT2D eigenvalue weighted by Crippen LogP contribution is -2.46. The summed E-state index contributed by atoms with van der Waals surface area (Å²) in [6, 6.07) is 0. The highest BCUT2D eigenvalue weighted by molar-refractivity contribution is 9.09. The topological polar surface area (TPSA) is 27.7 Å². The summed E-state index contributed by atoms with van der Waals surface area (Å²) in [5, 5.41) is 1.09. The van der Waals surface area contributed by atoms with Crippen LogP contribution in [0.1, 0.15) is 98.3 Å². The highest BCUT2D eigenvalue weighted by Gasteiger charge is 2.41. The molecule has 0 aliphatic heterocycles. The Bertz CT molecular complexity index is 257. The zero-order valence-corrected chi connectivity index (χ0v) is 18.9. The lowest BCUT2D eigenvalue weighted by molar-refractivity contribution is -0.403. The number of rotatable bonds is 19. The first-order chi connectivity index (χ1) is 12.2. The Morgan fingerprint density at radius 1 is 0.640 bits per heavy atom. The summed E-state index contributed by atoms with van der Waals surface area (Å²) >= 11 is 3.53. The highest BCUT2D eigenvalue weighted by Crippen LogP contribution is 2.34. The Balaban J connectivity index is 4.75. The molecule has 0 spiro atoms. The van der Waals surface area contributed by atoms with Crippen LogP contribution < -0.4 is 0 Å². The molecule has 3 nitrogen and oxygen atoms in total. The SMILES string of the molecule is CCCCCCCCC(CCCCCBr)C(OCC)(OCC)OCC. The van der Waals surface area contributed by atoms with Crippen molar-refractivity contribution in [1.82, 2.24) is 0 Å². The zero-order valence-electron chi connectivity index (χ0n) is 17.3. The summed E-state index contributed by atoms with van der Waals surface area (Å²) < 4.78 is 18.2. The first-order valence-corrected chi connectivity index (χ1v) is 11.8. The largest absolute Gasteiger partial charge is 0.328 e. The number of ether oxygens (including phenoxy) is 3. The van der Waals surface area contributed by atoms with Crippen LogP contribution in [0.5, 0.6) is 0 Å². The van der Waals surface area contributed by atoms with Crippen LogP contribution >= 0.6 is 15.9 Å². The predicted molar refractivity (Wildman–Crippen MR) is 111 cm³/mol. The second kappa shape index (κ2) is 17.8. The molecule has 0 heterocycles. The van der Waals surface area contributed by atoms with Gasteiger partial charge in [-0.2, -0.15) is 0 Å². The summed E-state index contributed by atoms with van der Waals surface area (Å²) in [4.78, 5) is 0. The Hall–Kier alpha value is 0.360. The summed E-state index contributed by atoms with van der Waals surface area (Å²) in [5.74, 6) is -0.537. The van der Waals surface area contributed by atoms with Gasteiger partial charge in [0.15, 0.2) is 0 Å². The predicted octanol–water partition coefficient (Wildman–Crippen LogP) is 7.07. The number of unbranched alkanes of at least 4 members (excludes halogenated alkanes) is 7. The molecule has 25 heavy (non-hydrogen) atoms. The van der Waals surface area contributed by atoms with Gasteiger partial charge in [-0.05, 0) is 40.0 Å². The average molecular weight is 423 g/mol. The van der Waals surface area contributed by atoms with E-state index >= 15 is 0 Å². The Morgan fingerprint density at radius 2 is 1.08 bits per heavy atom. The van der Waals surface area contributed by atoms with E-state index in [2.05, 4.69) is 22.9 Å². The van der Waals surface area contributed by atoms with Crippen LogP contribution in [0.2, 0.25) is 0 Å². The van der Waals surface area contributed by atoms with Crippen LogP contribution in [-0.4, -0.2) is 31.1 Å². The Labute approximate surface area is 165 Å². The van der Waals surface area contributed by atoms with Crippen molar-refractivity contribution in [2.75, 3.05) is 25.2 Å². The van der Waals surface area contributed by atoms with Crippen LogP contribution in [-0.2, 0) is 14.2 Å². The van der Waals surface area contributed by atoms with E-state index in [9.17, 15) is 0 Å². The lowest BCUT2D eigenvalue weighted by atomic mass is 9.92. The van der Waals surface area contributed by atoms with Crippen molar-refractivity contribution in [3.05, 3.63) is 0 Å². The Morgan fingerprint density at radius 3 is 1.52 bits per heavy atom. The van der Waals surface area contributed by atoms with Gasteiger partial charge in [0, 0.05) is 31.1 Å². The van der Waals surface area contributed by atoms with Gasteiger partial charge in [-0.15, -0.1) is 0 Å². The molecular formula is C21H43BrO3. The lowest BCUT2D eigenvalue weighted by Gasteiger charge is -2.39. The quantitative estimate of drug-likeness (QED) is 0.126. The van der Waals surface area contributed by atoms with E-state index in [1.54, 1.807) is 0 Å². The van der Waals surface area contributed by atoms with Crippen molar-refractivity contribution in [1.29, 1.82) is 0 Å². The van der Waals surface area contributed by atoms with Crippen LogP contribution in [0.3, 0.4) is 0 Å². The molecular weight excluding hydrogens is 380 g/mol. The van der Waals surface area contributed by atoms with E-state index in [1.165, 1.54) is 57.8 Å². The summed E-state index contributed by atoms with van der Waals surface area (Å²) in [6.07, 6.45) is 13.8. The van der Waals surface area contributed by atoms with Gasteiger partial charge in [0.05, 0.1) is 0 Å². The van der Waals surface area contributed by atoms with Gasteiger partial charge in [0.1, 0.15) is 0 Å². The van der Waals surface area contributed by atoms with Gasteiger partial charge in [-0.1, -0.05) is 74.2 Å². The molecule has 0 aromatic rings. The number of halogens is 1. The molecule has 0 amide bonds. The van der Waals surface area contributed by atoms with Crippen molar-refractivity contribution < 1.29 is 14.2 Å². The molecule has 0 saturated carbocycles. The van der Waals surface area contributed by atoms with Crippen LogP contribution in [0.4, 0.5) is 0 Å². The maximum atomic E-state index is 6.07. The number of hydrogen-bond acceptors (Lipinski definition) is 3. The van der Waals surface area contributed by atoms with E-state index in [0.717, 1.165) is 18.2 Å². The van der Waals surface area contributed by atoms with Gasteiger partial charge >= 0.3 is 0 Å². The maximum absolute atomic E-state index is 6.07. The highest BCUT2D eigenvalue weighted by atomic mass is 79.9. The summed E-state index contributed by atoms with van der Waals surface area (Å²) in [6.45, 7) is 10.2. The van der Waals surface area contributed by atoms with Crippen LogP contribution in [0.25, 0.3) is 0 Å². The third-order valence-electron chi connectivity index (χ3n) is 4.63. The fraction of sp³-hybridized carbons (Fsp3) is 1.00. The van der Waals surface area contributed by atoms with E-state index in [4.69, 9.17) is 14.2 Å². The molecule has 0 rings (SSSR count). The van der Waals surface area contributed by atoms with Crippen molar-refractivity contribution in [2.24, 2.45) is 5.92 Å². The van der Waals surface area contributed by atoms with Gasteiger partial charge in [-0.3, -0.25) is 0 Å². The smallest absolute Gasteiger partial charge is 0.285 e. The van der Waals surface area contributed by atoms with E-state index in [-0.39, 0.29) is 0 Å². The minimum Gasteiger partial charge on any atom is -0.328 e. The van der Waals surface area contributed by atoms with E-state index in [1.807, 2.05) is 20.8 Å². The third kappa shape index (κ3) is 11.6. The summed E-state index contributed by atoms with van der Waals surface area (Å²) in [5.41, 5.74) is 0. The van der Waals surface area contributed by atoms with Crippen LogP contribution in [0, 0.1) is 5.92 Å². The van der Waals surface area contributed by atoms with Crippen LogP contribution in [0.15, 0.2) is 0 Å². The zero-order chi connectivity index (χ0) is 18.8. The van der Waals surface area contributed by atoms with Gasteiger partial charge < -0.3 is 14.2 Å². The second-order valence-electron chi connectivity index (χ2n) is 6.69. The van der Waals surface area contributed by atoms with E-state index in [0.29, 0.717) is 25.7 Å². The molecule has 0 bridgehead atoms. The number of alkyl halides is 1. The van der Waals surface area contributed by atoms with Crippen molar-refractivity contribution >= 4 is 15.9 Å². The molecule has 0 aliphatic rings. The molecule has 1 unspecified atom stereocenters. The van der Waals surface area contributed by atoms with Crippen molar-refractivity contribution in [3.8, 4) is 0 Å². The van der Waals surface area contributed by atoms with Crippen molar-refractivity contribution in [3.63, 3.8) is 0 Å². The molecule has 152 valence electrons. The molecule has 0 fully saturated rings. The Kier molecular flexibility index (Phi) is 18.0. The fourth-order valence-corrected chi connectivity index (χ4v) is 3.81. The molecule has 0 radical (unpaired) electrons. The third-order valence-corrected chi connectivity index (χ3v) is 5.19. The molecule has 0 saturated heterocycles. The molecule has 0 aromatic carbocycles. The first-order valence-electron chi connectivity index (χ1n) is 10.7. The monoisotopic (exact) mass is 422 g/mol. The maximum Gasteiger partial charge on any atom is 0.285 e. The normalized spacial score (nSPS) is 13.3. The van der Waals surface area contributed by atoms with E-state index < -0.39 is 5.97 Å². The molecule has 1 atom stereocenters. The minimum absolute atomic E-state index is 0.314. The average Bonchev–Trinajstić information content (AvgIpc) is 2.60. The van der Waals surface area contributed by atoms with Gasteiger partial charge in [-0.25, -0.2) is 0 Å². The van der Waals surface area contributed by atoms with Gasteiger partial charge in [0.25, 0.3) is 5.97 Å². The fourth-order valence-electron chi connectivity index (χ4n) is 3.41. The first kappa shape index (κ1) is 25.4.